The van der Waals surface area contributed by atoms with Crippen molar-refractivity contribution in [2.45, 2.75) is 56.4 Å². The number of nitrogen functional groups attached to an aromatic ring is 1. The zero-order valence-electron chi connectivity index (χ0n) is 26.1. The summed E-state index contributed by atoms with van der Waals surface area (Å²) in [6, 6.07) is 10.6. The first-order valence-corrected chi connectivity index (χ1v) is 17.1. The van der Waals surface area contributed by atoms with Crippen LogP contribution in [-0.4, -0.2) is 65.4 Å². The van der Waals surface area contributed by atoms with E-state index in [1.165, 1.54) is 5.56 Å². The van der Waals surface area contributed by atoms with Crippen LogP contribution >= 0.6 is 0 Å². The van der Waals surface area contributed by atoms with Gasteiger partial charge in [-0.25, -0.2) is 12.4 Å². The molecule has 7 rings (SSSR count). The molecule has 5 heterocycles. The molecule has 3 aliphatic rings. The molecule has 0 unspecified atom stereocenters. The Labute approximate surface area is 264 Å². The number of pyridine rings is 1. The predicted molar refractivity (Wildman–Crippen MR) is 176 cm³/mol. The number of likely N-dealkylation sites (tertiary alicyclic amines) is 1. The lowest BCUT2D eigenvalue weighted by Crippen LogP contribution is -2.60. The van der Waals surface area contributed by atoms with Gasteiger partial charge in [-0.05, 0) is 93.3 Å². The summed E-state index contributed by atoms with van der Waals surface area (Å²) in [5, 5.41) is 4.70. The van der Waals surface area contributed by atoms with Crippen LogP contribution in [0.15, 0.2) is 59.9 Å². The molecule has 45 heavy (non-hydrogen) atoms. The van der Waals surface area contributed by atoms with E-state index < -0.39 is 10.0 Å². The number of aromatic nitrogens is 4. The molecule has 1 spiro atoms. The minimum Gasteiger partial charge on any atom is -0.397 e. The largest absolute Gasteiger partial charge is 0.397 e. The quantitative estimate of drug-likeness (QED) is 0.299. The van der Waals surface area contributed by atoms with Crippen LogP contribution in [0.2, 0.25) is 0 Å². The van der Waals surface area contributed by atoms with Crippen LogP contribution in [0.4, 0.5) is 5.82 Å². The van der Waals surface area contributed by atoms with Crippen LogP contribution in [-0.2, 0) is 14.8 Å². The van der Waals surface area contributed by atoms with E-state index in [0.717, 1.165) is 72.8 Å². The molecule has 3 fully saturated rings. The van der Waals surface area contributed by atoms with Gasteiger partial charge in [0, 0.05) is 61.1 Å². The number of hydrogen-bond donors (Lipinski definition) is 2. The number of hydrogen-bond acceptors (Lipinski definition) is 8. The second kappa shape index (κ2) is 11.1. The van der Waals surface area contributed by atoms with Crippen molar-refractivity contribution in [2.24, 2.45) is 11.1 Å². The van der Waals surface area contributed by atoms with Gasteiger partial charge in [-0.1, -0.05) is 18.2 Å². The normalized spacial score (nSPS) is 19.5. The molecular formula is C34H41N7O3S. The average molecular weight is 628 g/mol. The van der Waals surface area contributed by atoms with Crippen LogP contribution in [0, 0.1) is 19.3 Å². The molecule has 0 bridgehead atoms. The zero-order chi connectivity index (χ0) is 31.5. The number of aryl methyl sites for hydroxylation is 2. The first-order chi connectivity index (χ1) is 21.5. The maximum Gasteiger partial charge on any atom is 0.269 e. The molecule has 0 radical (unpaired) electrons. The Morgan fingerprint density at radius 2 is 1.80 bits per heavy atom. The molecule has 1 aliphatic carbocycles. The fourth-order valence-electron chi connectivity index (χ4n) is 7.78. The monoisotopic (exact) mass is 627 g/mol. The van der Waals surface area contributed by atoms with Crippen molar-refractivity contribution < 1.29 is 13.2 Å². The van der Waals surface area contributed by atoms with E-state index in [-0.39, 0.29) is 10.7 Å². The molecule has 236 valence electrons. The van der Waals surface area contributed by atoms with Gasteiger partial charge in [0.05, 0.1) is 28.5 Å². The van der Waals surface area contributed by atoms with Crippen molar-refractivity contribution in [3.8, 4) is 11.1 Å². The minimum atomic E-state index is -3.97. The molecule has 0 amide bonds. The molecule has 3 aromatic heterocycles. The van der Waals surface area contributed by atoms with Gasteiger partial charge in [0.1, 0.15) is 5.82 Å². The summed E-state index contributed by atoms with van der Waals surface area (Å²) in [6.45, 7) is 7.90. The lowest BCUT2D eigenvalue weighted by molar-refractivity contribution is -0.0786. The number of ether oxygens (including phenoxy) is 1. The molecule has 1 aromatic carbocycles. The van der Waals surface area contributed by atoms with Gasteiger partial charge in [0.25, 0.3) is 10.0 Å². The molecule has 4 aromatic rings. The van der Waals surface area contributed by atoms with Crippen LogP contribution in [0.25, 0.3) is 22.9 Å². The van der Waals surface area contributed by atoms with E-state index >= 15 is 0 Å². The van der Waals surface area contributed by atoms with Gasteiger partial charge < -0.3 is 21.1 Å². The maximum atomic E-state index is 13.8. The van der Waals surface area contributed by atoms with Crippen molar-refractivity contribution in [2.75, 3.05) is 39.1 Å². The van der Waals surface area contributed by atoms with Crippen molar-refractivity contribution in [3.05, 3.63) is 83.1 Å². The Balaban J connectivity index is 1.27. The van der Waals surface area contributed by atoms with Crippen molar-refractivity contribution >= 4 is 27.6 Å². The zero-order valence-corrected chi connectivity index (χ0v) is 26.9. The number of nitrogens with two attached hydrogens (primary N) is 2. The summed E-state index contributed by atoms with van der Waals surface area (Å²) in [4.78, 5) is 7.40. The van der Waals surface area contributed by atoms with Gasteiger partial charge in [0.2, 0.25) is 0 Å². The molecule has 10 nitrogen and oxygen atoms in total. The van der Waals surface area contributed by atoms with E-state index in [1.807, 2.05) is 23.9 Å². The fourth-order valence-corrected chi connectivity index (χ4v) is 9.11. The summed E-state index contributed by atoms with van der Waals surface area (Å²) >= 11 is 0. The van der Waals surface area contributed by atoms with Crippen LogP contribution in [0.5, 0.6) is 0 Å². The number of nitrogens with zero attached hydrogens (tertiary/aromatic N) is 5. The fraction of sp³-hybridized carbons (Fsp3) is 0.412. The van der Waals surface area contributed by atoms with Gasteiger partial charge in [-0.15, -0.1) is 0 Å². The highest BCUT2D eigenvalue weighted by molar-refractivity contribution is 7.90. The summed E-state index contributed by atoms with van der Waals surface area (Å²) in [5.41, 5.74) is 20.1. The number of anilines is 1. The van der Waals surface area contributed by atoms with E-state index in [0.29, 0.717) is 39.9 Å². The number of benzene rings is 1. The van der Waals surface area contributed by atoms with Crippen LogP contribution < -0.4 is 11.5 Å². The molecule has 2 saturated heterocycles. The Hall–Kier alpha value is -3.93. The molecule has 4 N–H and O–H groups in total. The van der Waals surface area contributed by atoms with E-state index in [1.54, 1.807) is 48.8 Å². The van der Waals surface area contributed by atoms with E-state index in [9.17, 15) is 8.42 Å². The molecule has 0 atom stereocenters. The highest BCUT2D eigenvalue weighted by Gasteiger charge is 2.51. The lowest BCUT2D eigenvalue weighted by atomic mass is 9.61. The summed E-state index contributed by atoms with van der Waals surface area (Å²) < 4.78 is 36.3. The topological polar surface area (TPSA) is 134 Å². The maximum absolute atomic E-state index is 13.8. The van der Waals surface area contributed by atoms with Crippen LogP contribution in [0.1, 0.15) is 65.7 Å². The predicted octanol–water partition coefficient (Wildman–Crippen LogP) is 4.80. The first-order valence-electron chi connectivity index (χ1n) is 15.6. The van der Waals surface area contributed by atoms with Gasteiger partial charge in [-0.3, -0.25) is 9.67 Å². The Bertz CT molecular complexity index is 1850. The second-order valence-electron chi connectivity index (χ2n) is 13.2. The molecule has 2 aliphatic heterocycles. The number of rotatable bonds is 7. The standard InChI is InChI=1S/C34H41N7O3S/c1-22-13-31(38-23(2)32(22)24-9-11-44-12-10-24)30(35)14-28-29(19-41(33(28)36)45(42,43)27-7-5-4-6-8-27)25-17-37-40(18-25)26-15-34(16-26)20-39(3)21-34/h4-8,13-14,17-19,24,26H,9-12,15-16,20-21,35-36H2,1-3H3/b30-14-. The highest BCUT2D eigenvalue weighted by atomic mass is 32.2. The van der Waals surface area contributed by atoms with Crippen molar-refractivity contribution in [1.29, 1.82) is 0 Å². The van der Waals surface area contributed by atoms with E-state index in [4.69, 9.17) is 26.3 Å². The van der Waals surface area contributed by atoms with Gasteiger partial charge >= 0.3 is 0 Å². The lowest BCUT2D eigenvalue weighted by Gasteiger charge is -2.58. The van der Waals surface area contributed by atoms with Crippen molar-refractivity contribution in [3.63, 3.8) is 0 Å². The summed E-state index contributed by atoms with van der Waals surface area (Å²) in [6.07, 6.45) is 11.3. The van der Waals surface area contributed by atoms with Crippen LogP contribution in [0.3, 0.4) is 0 Å². The Morgan fingerprint density at radius 1 is 1.09 bits per heavy atom. The molecule has 1 saturated carbocycles. The highest BCUT2D eigenvalue weighted by Crippen LogP contribution is 2.53. The first kappa shape index (κ1) is 29.8. The van der Waals surface area contributed by atoms with Crippen molar-refractivity contribution in [1.82, 2.24) is 23.6 Å². The minimum absolute atomic E-state index is 0.0805. The third-order valence-electron chi connectivity index (χ3n) is 9.87. The SMILES string of the molecule is Cc1cc(/C(N)=C/c2c(-c3cnn(C4CC5(C4)CN(C)C5)c3)cn(S(=O)(=O)c3ccccc3)c2N)nc(C)c1C1CCOCC1. The Morgan fingerprint density at radius 3 is 2.47 bits per heavy atom. The third-order valence-corrected chi connectivity index (χ3v) is 11.6. The average Bonchev–Trinajstić information content (AvgIpc) is 3.60. The second-order valence-corrected chi connectivity index (χ2v) is 15.0. The van der Waals surface area contributed by atoms with Gasteiger partial charge in [0.15, 0.2) is 0 Å². The third kappa shape index (κ3) is 5.26. The van der Waals surface area contributed by atoms with Gasteiger partial charge in [-0.2, -0.15) is 5.10 Å². The van der Waals surface area contributed by atoms with E-state index in [2.05, 4.69) is 18.9 Å². The molecular weight excluding hydrogens is 586 g/mol. The molecule has 11 heteroatoms. The smallest absolute Gasteiger partial charge is 0.269 e. The summed E-state index contributed by atoms with van der Waals surface area (Å²) in [7, 11) is -1.81. The Kier molecular flexibility index (Phi) is 7.37. The summed E-state index contributed by atoms with van der Waals surface area (Å²) in [5.74, 6) is 0.495.